The van der Waals surface area contributed by atoms with E-state index in [9.17, 15) is 4.79 Å². The molecule has 0 aromatic heterocycles. The first kappa shape index (κ1) is 16.4. The van der Waals surface area contributed by atoms with E-state index in [1.54, 1.807) is 18.2 Å². The molecule has 1 aromatic carbocycles. The van der Waals surface area contributed by atoms with Crippen LogP contribution in [0.1, 0.15) is 19.8 Å². The molecule has 1 saturated heterocycles. The molecule has 0 radical (unpaired) electrons. The third-order valence-corrected chi connectivity index (χ3v) is 4.33. The van der Waals surface area contributed by atoms with Gasteiger partial charge in [-0.1, -0.05) is 29.3 Å². The van der Waals surface area contributed by atoms with Crippen molar-refractivity contribution >= 4 is 29.1 Å². The second kappa shape index (κ2) is 7.87. The summed E-state index contributed by atoms with van der Waals surface area (Å²) >= 11 is 12.0. The first-order valence-electron chi connectivity index (χ1n) is 7.16. The lowest BCUT2D eigenvalue weighted by Crippen LogP contribution is -2.52. The molecule has 21 heavy (non-hydrogen) atoms. The zero-order chi connectivity index (χ0) is 15.2. The van der Waals surface area contributed by atoms with Crippen LogP contribution in [-0.2, 0) is 4.79 Å². The highest BCUT2D eigenvalue weighted by Gasteiger charge is 2.22. The van der Waals surface area contributed by atoms with Crippen LogP contribution in [0, 0.1) is 0 Å². The molecule has 1 amide bonds. The molecule has 1 aromatic rings. The molecule has 2 rings (SSSR count). The molecule has 1 aliphatic rings. The highest BCUT2D eigenvalue weighted by molar-refractivity contribution is 6.42. The summed E-state index contributed by atoms with van der Waals surface area (Å²) in [7, 11) is 0. The van der Waals surface area contributed by atoms with Crippen LogP contribution in [0.4, 0.5) is 0 Å². The zero-order valence-electron chi connectivity index (χ0n) is 12.1. The fraction of sp³-hybridized carbons (Fsp3) is 0.533. The number of amides is 1. The van der Waals surface area contributed by atoms with Crippen molar-refractivity contribution in [1.29, 1.82) is 0 Å². The highest BCUT2D eigenvalue weighted by Crippen LogP contribution is 2.31. The summed E-state index contributed by atoms with van der Waals surface area (Å²) < 4.78 is 5.58. The summed E-state index contributed by atoms with van der Waals surface area (Å²) in [5.74, 6) is 0.747. The van der Waals surface area contributed by atoms with Gasteiger partial charge in [-0.05, 0) is 25.5 Å². The summed E-state index contributed by atoms with van der Waals surface area (Å²) in [4.78, 5) is 14.1. The fourth-order valence-corrected chi connectivity index (χ4v) is 2.70. The van der Waals surface area contributed by atoms with Crippen molar-refractivity contribution in [2.75, 3.05) is 26.2 Å². The largest absolute Gasteiger partial charge is 0.492 e. The minimum atomic E-state index is 0.185. The van der Waals surface area contributed by atoms with E-state index in [1.807, 2.05) is 4.90 Å². The van der Waals surface area contributed by atoms with Crippen molar-refractivity contribution in [2.45, 2.75) is 25.8 Å². The second-order valence-electron chi connectivity index (χ2n) is 5.14. The summed E-state index contributed by atoms with van der Waals surface area (Å²) in [6.07, 6.45) is 1.15. The number of rotatable bonds is 5. The van der Waals surface area contributed by atoms with E-state index in [1.165, 1.54) is 0 Å². The van der Waals surface area contributed by atoms with E-state index >= 15 is 0 Å². The third-order valence-electron chi connectivity index (χ3n) is 3.53. The predicted octanol–water partition coefficient (Wildman–Crippen LogP) is 2.97. The summed E-state index contributed by atoms with van der Waals surface area (Å²) in [5, 5.41) is 4.16. The van der Waals surface area contributed by atoms with Gasteiger partial charge in [-0.15, -0.1) is 0 Å². The molecule has 6 heteroatoms. The van der Waals surface area contributed by atoms with Crippen LogP contribution in [0.15, 0.2) is 18.2 Å². The number of hydrogen-bond donors (Lipinski definition) is 1. The standard InChI is InChI=1S/C15H20Cl2N2O2/c1-11-10-18-7-8-19(11)14(20)6-3-9-21-13-5-2-4-12(16)15(13)17/h2,4-5,11,18H,3,6-10H2,1H3. The van der Waals surface area contributed by atoms with Crippen LogP contribution in [0.2, 0.25) is 10.0 Å². The maximum atomic E-state index is 12.1. The number of carbonyl (C=O) groups is 1. The molecular formula is C15H20Cl2N2O2. The van der Waals surface area contributed by atoms with E-state index in [0.29, 0.717) is 35.2 Å². The molecule has 1 aliphatic heterocycles. The van der Waals surface area contributed by atoms with Crippen LogP contribution in [0.5, 0.6) is 5.75 Å². The van der Waals surface area contributed by atoms with Crippen LogP contribution in [0.25, 0.3) is 0 Å². The number of hydrogen-bond acceptors (Lipinski definition) is 3. The minimum Gasteiger partial charge on any atom is -0.492 e. The summed E-state index contributed by atoms with van der Waals surface area (Å²) in [6.45, 7) is 5.02. The average Bonchev–Trinajstić information content (AvgIpc) is 2.48. The van der Waals surface area contributed by atoms with Gasteiger partial charge in [-0.3, -0.25) is 4.79 Å². The maximum absolute atomic E-state index is 12.1. The molecule has 0 saturated carbocycles. The molecule has 1 atom stereocenters. The maximum Gasteiger partial charge on any atom is 0.223 e. The van der Waals surface area contributed by atoms with Gasteiger partial charge >= 0.3 is 0 Å². The third kappa shape index (κ3) is 4.50. The number of halogens is 2. The lowest BCUT2D eigenvalue weighted by molar-refractivity contribution is -0.134. The lowest BCUT2D eigenvalue weighted by Gasteiger charge is -2.34. The Kier molecular flexibility index (Phi) is 6.15. The number of nitrogens with zero attached hydrogens (tertiary/aromatic N) is 1. The van der Waals surface area contributed by atoms with Gasteiger partial charge in [0.05, 0.1) is 11.6 Å². The highest BCUT2D eigenvalue weighted by atomic mass is 35.5. The Labute approximate surface area is 135 Å². The number of ether oxygens (including phenoxy) is 1. The molecule has 4 nitrogen and oxygen atoms in total. The second-order valence-corrected chi connectivity index (χ2v) is 5.93. The topological polar surface area (TPSA) is 41.6 Å². The van der Waals surface area contributed by atoms with Crippen molar-refractivity contribution in [3.63, 3.8) is 0 Å². The quantitative estimate of drug-likeness (QED) is 0.844. The van der Waals surface area contributed by atoms with Crippen LogP contribution in [0.3, 0.4) is 0 Å². The first-order valence-corrected chi connectivity index (χ1v) is 7.92. The molecule has 0 aliphatic carbocycles. The fourth-order valence-electron chi connectivity index (χ4n) is 2.36. The van der Waals surface area contributed by atoms with Crippen LogP contribution < -0.4 is 10.1 Å². The van der Waals surface area contributed by atoms with Crippen LogP contribution in [-0.4, -0.2) is 43.1 Å². The summed E-state index contributed by atoms with van der Waals surface area (Å²) in [5.41, 5.74) is 0. The van der Waals surface area contributed by atoms with Crippen LogP contribution >= 0.6 is 23.2 Å². The van der Waals surface area contributed by atoms with E-state index in [0.717, 1.165) is 19.6 Å². The molecule has 1 unspecified atom stereocenters. The Bertz CT molecular complexity index is 497. The van der Waals surface area contributed by atoms with Crippen molar-refractivity contribution in [1.82, 2.24) is 10.2 Å². The molecule has 116 valence electrons. The van der Waals surface area contributed by atoms with Gasteiger partial charge in [0.25, 0.3) is 0 Å². The molecule has 1 N–H and O–H groups in total. The Balaban J connectivity index is 1.74. The van der Waals surface area contributed by atoms with Crippen molar-refractivity contribution in [2.24, 2.45) is 0 Å². The number of piperazine rings is 1. The molecule has 1 fully saturated rings. The van der Waals surface area contributed by atoms with E-state index in [4.69, 9.17) is 27.9 Å². The monoisotopic (exact) mass is 330 g/mol. The Morgan fingerprint density at radius 3 is 3.05 bits per heavy atom. The molecule has 0 bridgehead atoms. The first-order chi connectivity index (χ1) is 10.1. The average molecular weight is 331 g/mol. The zero-order valence-corrected chi connectivity index (χ0v) is 13.6. The number of benzene rings is 1. The van der Waals surface area contributed by atoms with E-state index in [2.05, 4.69) is 12.2 Å². The van der Waals surface area contributed by atoms with Gasteiger partial charge in [0.2, 0.25) is 5.91 Å². The minimum absolute atomic E-state index is 0.185. The predicted molar refractivity (Wildman–Crippen MR) is 85.2 cm³/mol. The smallest absolute Gasteiger partial charge is 0.223 e. The number of carbonyl (C=O) groups excluding carboxylic acids is 1. The normalized spacial score (nSPS) is 18.6. The van der Waals surface area contributed by atoms with E-state index in [-0.39, 0.29) is 11.9 Å². The van der Waals surface area contributed by atoms with Gasteiger partial charge in [0.1, 0.15) is 10.8 Å². The van der Waals surface area contributed by atoms with E-state index < -0.39 is 0 Å². The Hall–Kier alpha value is -0.970. The summed E-state index contributed by atoms with van der Waals surface area (Å²) in [6, 6.07) is 5.53. The van der Waals surface area contributed by atoms with Crippen molar-refractivity contribution in [3.8, 4) is 5.75 Å². The molecule has 0 spiro atoms. The van der Waals surface area contributed by atoms with Gasteiger partial charge in [-0.25, -0.2) is 0 Å². The number of nitrogens with one attached hydrogen (secondary N) is 1. The SMILES string of the molecule is CC1CNCCN1C(=O)CCCOc1cccc(Cl)c1Cl. The van der Waals surface area contributed by atoms with Gasteiger partial charge in [-0.2, -0.15) is 0 Å². The Morgan fingerprint density at radius 1 is 1.48 bits per heavy atom. The lowest BCUT2D eigenvalue weighted by atomic mass is 10.2. The van der Waals surface area contributed by atoms with Crippen molar-refractivity contribution in [3.05, 3.63) is 28.2 Å². The van der Waals surface area contributed by atoms with Gasteiger partial charge in [0.15, 0.2) is 0 Å². The van der Waals surface area contributed by atoms with Crippen molar-refractivity contribution < 1.29 is 9.53 Å². The van der Waals surface area contributed by atoms with Gasteiger partial charge < -0.3 is 15.0 Å². The molecular weight excluding hydrogens is 311 g/mol. The molecule has 1 heterocycles. The Morgan fingerprint density at radius 2 is 2.29 bits per heavy atom. The van der Waals surface area contributed by atoms with Gasteiger partial charge in [0, 0.05) is 32.1 Å².